The smallest absolute Gasteiger partial charge is 0.326 e. The van der Waals surface area contributed by atoms with Gasteiger partial charge in [0.1, 0.15) is 24.4 Å². The standard InChI is InChI=1S/C32H36Cl2N6O6S/c1-3-46-27-13-12-25(47(43,44)36-20-45-2)18-26(27)31-37-29(21-4-8-23(33)9-5-21)30(22-6-10-24(34)11-7-22)40(31)32(42)39-16-14-38(15-17-39)19-28(35)41/h4-13,18,29-30,36H,3,14-17,19-20H2,1-2H3,(H2,35,41)/t29-,30+/m0/s1. The number of nitrogens with one attached hydrogen (secondary N) is 1. The largest absolute Gasteiger partial charge is 0.493 e. The second-order valence-electron chi connectivity index (χ2n) is 11.0. The highest BCUT2D eigenvalue weighted by atomic mass is 35.5. The first-order valence-corrected chi connectivity index (χ1v) is 17.2. The first-order chi connectivity index (χ1) is 22.5. The summed E-state index contributed by atoms with van der Waals surface area (Å²) in [4.78, 5) is 36.5. The van der Waals surface area contributed by atoms with Crippen LogP contribution in [0.5, 0.6) is 5.75 Å². The van der Waals surface area contributed by atoms with Crippen LogP contribution in [0, 0.1) is 0 Å². The van der Waals surface area contributed by atoms with Crippen LogP contribution >= 0.6 is 23.2 Å². The molecule has 3 N–H and O–H groups in total. The topological polar surface area (TPSA) is 147 Å². The first kappa shape index (κ1) is 34.6. The van der Waals surface area contributed by atoms with Crippen molar-refractivity contribution >= 4 is 51.0 Å². The number of benzene rings is 3. The number of carbonyl (C=O) groups excluding carboxylic acids is 2. The van der Waals surface area contributed by atoms with Crippen LogP contribution in [0.4, 0.5) is 4.79 Å². The van der Waals surface area contributed by atoms with Gasteiger partial charge in [-0.1, -0.05) is 47.5 Å². The van der Waals surface area contributed by atoms with Crippen LogP contribution in [0.2, 0.25) is 10.0 Å². The number of nitrogens with zero attached hydrogens (tertiary/aromatic N) is 4. The number of ether oxygens (including phenoxy) is 2. The molecule has 3 aromatic rings. The van der Waals surface area contributed by atoms with E-state index in [1.165, 1.54) is 19.2 Å². The van der Waals surface area contributed by atoms with Gasteiger partial charge in [0.05, 0.1) is 29.7 Å². The molecule has 0 saturated carbocycles. The minimum atomic E-state index is -3.99. The molecule has 2 heterocycles. The van der Waals surface area contributed by atoms with Gasteiger partial charge in [0.15, 0.2) is 0 Å². The number of rotatable bonds is 11. The van der Waals surface area contributed by atoms with Crippen molar-refractivity contribution in [1.82, 2.24) is 19.4 Å². The number of methoxy groups -OCH3 is 1. The van der Waals surface area contributed by atoms with Gasteiger partial charge in [-0.2, -0.15) is 4.72 Å². The number of amides is 3. The number of nitrogens with two attached hydrogens (primary N) is 1. The van der Waals surface area contributed by atoms with E-state index in [4.69, 9.17) is 43.4 Å². The van der Waals surface area contributed by atoms with E-state index in [-0.39, 0.29) is 36.6 Å². The van der Waals surface area contributed by atoms with Crippen molar-refractivity contribution in [1.29, 1.82) is 0 Å². The number of hydrogen-bond donors (Lipinski definition) is 2. The molecule has 0 aromatic heterocycles. The number of primary amides is 1. The summed E-state index contributed by atoms with van der Waals surface area (Å²) in [6.07, 6.45) is 0. The Morgan fingerprint density at radius 2 is 1.57 bits per heavy atom. The molecule has 250 valence electrons. The highest BCUT2D eigenvalue weighted by molar-refractivity contribution is 7.89. The zero-order valence-electron chi connectivity index (χ0n) is 25.9. The molecule has 1 saturated heterocycles. The molecule has 1 fully saturated rings. The van der Waals surface area contributed by atoms with Crippen LogP contribution in [0.3, 0.4) is 0 Å². The highest BCUT2D eigenvalue weighted by Crippen LogP contribution is 2.45. The molecule has 5 rings (SSSR count). The molecule has 0 spiro atoms. The number of piperazine rings is 1. The van der Waals surface area contributed by atoms with Gasteiger partial charge in [-0.05, 0) is 60.5 Å². The van der Waals surface area contributed by atoms with Crippen molar-refractivity contribution in [2.24, 2.45) is 10.7 Å². The Balaban J connectivity index is 1.67. The van der Waals surface area contributed by atoms with Crippen LogP contribution in [0.15, 0.2) is 76.6 Å². The molecular weight excluding hydrogens is 667 g/mol. The fourth-order valence-electron chi connectivity index (χ4n) is 5.68. The van der Waals surface area contributed by atoms with Crippen LogP contribution in [-0.2, 0) is 19.6 Å². The summed E-state index contributed by atoms with van der Waals surface area (Å²) >= 11 is 12.5. The third-order valence-electron chi connectivity index (χ3n) is 7.91. The van der Waals surface area contributed by atoms with E-state index >= 15 is 0 Å². The quantitative estimate of drug-likeness (QED) is 0.287. The summed E-state index contributed by atoms with van der Waals surface area (Å²) in [5.41, 5.74) is 7.29. The molecule has 3 amide bonds. The van der Waals surface area contributed by atoms with Crippen LogP contribution in [0.1, 0.15) is 35.7 Å². The summed E-state index contributed by atoms with van der Waals surface area (Å²) in [5, 5.41) is 1.07. The lowest BCUT2D eigenvalue weighted by molar-refractivity contribution is -0.119. The summed E-state index contributed by atoms with van der Waals surface area (Å²) in [6, 6.07) is 17.3. The number of urea groups is 1. The Hall–Kier alpha value is -3.72. The number of sulfonamides is 1. The number of carbonyl (C=O) groups is 2. The van der Waals surface area contributed by atoms with Gasteiger partial charge in [-0.25, -0.2) is 13.2 Å². The molecule has 47 heavy (non-hydrogen) atoms. The Kier molecular flexibility index (Phi) is 11.1. The number of aliphatic imine (C=N–C) groups is 1. The molecular formula is C32H36Cl2N6O6S. The zero-order chi connectivity index (χ0) is 33.7. The van der Waals surface area contributed by atoms with E-state index in [1.807, 2.05) is 36.1 Å². The van der Waals surface area contributed by atoms with Gasteiger partial charge in [-0.3, -0.25) is 19.6 Å². The molecule has 0 radical (unpaired) electrons. The lowest BCUT2D eigenvalue weighted by atomic mass is 9.93. The Morgan fingerprint density at radius 1 is 0.957 bits per heavy atom. The van der Waals surface area contributed by atoms with Gasteiger partial charge in [-0.15, -0.1) is 0 Å². The van der Waals surface area contributed by atoms with Crippen molar-refractivity contribution in [2.75, 3.05) is 53.2 Å². The van der Waals surface area contributed by atoms with Crippen LogP contribution < -0.4 is 15.2 Å². The van der Waals surface area contributed by atoms with Crippen molar-refractivity contribution in [3.8, 4) is 5.75 Å². The second kappa shape index (κ2) is 15.0. The third kappa shape index (κ3) is 7.88. The van der Waals surface area contributed by atoms with Gasteiger partial charge < -0.3 is 20.1 Å². The molecule has 2 aliphatic heterocycles. The first-order valence-electron chi connectivity index (χ1n) is 15.0. The molecule has 3 aromatic carbocycles. The van der Waals surface area contributed by atoms with E-state index in [0.29, 0.717) is 47.5 Å². The number of hydrogen-bond acceptors (Lipinski definition) is 8. The molecule has 0 bridgehead atoms. The molecule has 0 unspecified atom stereocenters. The maximum Gasteiger partial charge on any atom is 0.326 e. The van der Waals surface area contributed by atoms with Crippen molar-refractivity contribution in [3.63, 3.8) is 0 Å². The van der Waals surface area contributed by atoms with Gasteiger partial charge >= 0.3 is 6.03 Å². The second-order valence-corrected chi connectivity index (χ2v) is 13.6. The Morgan fingerprint density at radius 3 is 2.15 bits per heavy atom. The average Bonchev–Trinajstić information content (AvgIpc) is 3.45. The van der Waals surface area contributed by atoms with Gasteiger partial charge in [0.2, 0.25) is 15.9 Å². The van der Waals surface area contributed by atoms with E-state index in [2.05, 4.69) is 4.72 Å². The molecule has 0 aliphatic carbocycles. The Bertz CT molecular complexity index is 1730. The predicted molar refractivity (Wildman–Crippen MR) is 179 cm³/mol. The van der Waals surface area contributed by atoms with E-state index in [0.717, 1.165) is 11.1 Å². The molecule has 15 heteroatoms. The minimum Gasteiger partial charge on any atom is -0.493 e. The summed E-state index contributed by atoms with van der Waals surface area (Å²) < 4.78 is 39.7. The normalized spacial score (nSPS) is 18.7. The van der Waals surface area contributed by atoms with E-state index in [9.17, 15) is 18.0 Å². The Labute approximate surface area is 284 Å². The van der Waals surface area contributed by atoms with Crippen LogP contribution in [-0.4, -0.2) is 94.1 Å². The third-order valence-corrected chi connectivity index (χ3v) is 9.79. The van der Waals surface area contributed by atoms with E-state index < -0.39 is 28.0 Å². The lowest BCUT2D eigenvalue weighted by Gasteiger charge is -2.38. The molecule has 2 aliphatic rings. The molecule has 2 atom stereocenters. The zero-order valence-corrected chi connectivity index (χ0v) is 28.3. The van der Waals surface area contributed by atoms with Gasteiger partial charge in [0.25, 0.3) is 0 Å². The molecule has 12 nitrogen and oxygen atoms in total. The minimum absolute atomic E-state index is 0.0545. The predicted octanol–water partition coefficient (Wildman–Crippen LogP) is 4.04. The maximum atomic E-state index is 14.7. The maximum absolute atomic E-state index is 14.7. The summed E-state index contributed by atoms with van der Waals surface area (Å²) in [5.74, 6) is 0.153. The van der Waals surface area contributed by atoms with Crippen molar-refractivity contribution < 1.29 is 27.5 Å². The fraction of sp³-hybridized carbons (Fsp3) is 0.344. The summed E-state index contributed by atoms with van der Waals surface area (Å²) in [6.45, 7) is 3.54. The SMILES string of the molecule is CCOc1ccc(S(=O)(=O)NCOC)cc1C1=N[C@@H](c2ccc(Cl)cc2)[C@@H](c2ccc(Cl)cc2)N1C(=O)N1CCN(CC(N)=O)CC1. The lowest BCUT2D eigenvalue weighted by Crippen LogP contribution is -2.55. The van der Waals surface area contributed by atoms with Gasteiger partial charge in [0, 0.05) is 43.3 Å². The fourth-order valence-corrected chi connectivity index (χ4v) is 6.89. The van der Waals surface area contributed by atoms with Crippen molar-refractivity contribution in [2.45, 2.75) is 23.9 Å². The van der Waals surface area contributed by atoms with Crippen molar-refractivity contribution in [3.05, 3.63) is 93.5 Å². The monoisotopic (exact) mass is 702 g/mol. The number of amidine groups is 1. The average molecular weight is 704 g/mol. The van der Waals surface area contributed by atoms with E-state index in [1.54, 1.807) is 40.1 Å². The number of halogens is 2. The highest BCUT2D eigenvalue weighted by Gasteiger charge is 2.45. The summed E-state index contributed by atoms with van der Waals surface area (Å²) in [7, 11) is -2.61. The van der Waals surface area contributed by atoms with Crippen LogP contribution in [0.25, 0.3) is 0 Å².